The fraction of sp³-hybridized carbons (Fsp3) is 0.182. The van der Waals surface area contributed by atoms with E-state index in [0.717, 1.165) is 23.2 Å². The Morgan fingerprint density at radius 3 is 2.74 bits per heavy atom. The van der Waals surface area contributed by atoms with Crippen molar-refractivity contribution >= 4 is 16.8 Å². The van der Waals surface area contributed by atoms with Crippen molar-refractivity contribution in [2.75, 3.05) is 6.54 Å². The first kappa shape index (κ1) is 17.1. The van der Waals surface area contributed by atoms with Crippen molar-refractivity contribution in [2.24, 2.45) is 0 Å². The Hall–Kier alpha value is -3.34. The minimum absolute atomic E-state index is 0.0614. The first-order chi connectivity index (χ1) is 13.2. The van der Waals surface area contributed by atoms with Crippen LogP contribution in [0.1, 0.15) is 17.0 Å². The smallest absolute Gasteiger partial charge is 0.227 e. The number of hydrogen-bond donors (Lipinski definition) is 2. The molecule has 0 fully saturated rings. The molecule has 0 spiro atoms. The molecule has 5 heteroatoms. The van der Waals surface area contributed by atoms with Crippen LogP contribution in [0, 0.1) is 6.92 Å². The number of nitrogens with zero attached hydrogens (tertiary/aromatic N) is 1. The number of oxazole rings is 1. The first-order valence-electron chi connectivity index (χ1n) is 9.04. The average molecular weight is 359 g/mol. The lowest BCUT2D eigenvalue weighted by Gasteiger charge is -2.04. The Kier molecular flexibility index (Phi) is 4.75. The molecule has 0 atom stereocenters. The Bertz CT molecular complexity index is 1060. The number of para-hydroxylation sites is 1. The SMILES string of the molecule is Cc1nc(-c2ccccc2)oc1CC(=O)NCCc1c[nH]c2ccccc12. The molecule has 2 N–H and O–H groups in total. The molecule has 0 aliphatic rings. The number of carbonyl (C=O) groups is 1. The van der Waals surface area contributed by atoms with Gasteiger partial charge in [0.25, 0.3) is 0 Å². The van der Waals surface area contributed by atoms with Gasteiger partial charge >= 0.3 is 0 Å². The van der Waals surface area contributed by atoms with E-state index < -0.39 is 0 Å². The molecule has 2 aromatic heterocycles. The minimum Gasteiger partial charge on any atom is -0.440 e. The lowest BCUT2D eigenvalue weighted by Crippen LogP contribution is -2.27. The largest absolute Gasteiger partial charge is 0.440 e. The highest BCUT2D eigenvalue weighted by Crippen LogP contribution is 2.22. The number of nitrogens with one attached hydrogen (secondary N) is 2. The number of hydrogen-bond acceptors (Lipinski definition) is 3. The number of aryl methyl sites for hydroxylation is 1. The standard InChI is InChI=1S/C22H21N3O2/c1-15-20(27-22(25-15)16-7-3-2-4-8-16)13-21(26)23-12-11-17-14-24-19-10-6-5-9-18(17)19/h2-10,14,24H,11-13H2,1H3,(H,23,26). The van der Waals surface area contributed by atoms with Crippen LogP contribution >= 0.6 is 0 Å². The van der Waals surface area contributed by atoms with E-state index in [9.17, 15) is 4.79 Å². The van der Waals surface area contributed by atoms with Gasteiger partial charge in [-0.1, -0.05) is 36.4 Å². The molecule has 2 aromatic carbocycles. The van der Waals surface area contributed by atoms with Gasteiger partial charge in [0.1, 0.15) is 5.76 Å². The third kappa shape index (κ3) is 3.77. The quantitative estimate of drug-likeness (QED) is 0.546. The average Bonchev–Trinajstić information content (AvgIpc) is 3.27. The van der Waals surface area contributed by atoms with E-state index in [1.165, 1.54) is 10.9 Å². The minimum atomic E-state index is -0.0614. The fourth-order valence-corrected chi connectivity index (χ4v) is 3.18. The van der Waals surface area contributed by atoms with E-state index in [0.29, 0.717) is 18.2 Å². The highest BCUT2D eigenvalue weighted by Gasteiger charge is 2.14. The molecule has 4 aromatic rings. The molecule has 0 radical (unpaired) electrons. The maximum atomic E-state index is 12.3. The molecular formula is C22H21N3O2. The second-order valence-electron chi connectivity index (χ2n) is 6.53. The summed E-state index contributed by atoms with van der Waals surface area (Å²) in [7, 11) is 0. The number of rotatable bonds is 6. The van der Waals surface area contributed by atoms with Crippen LogP contribution in [0.4, 0.5) is 0 Å². The van der Waals surface area contributed by atoms with Crippen molar-refractivity contribution in [1.29, 1.82) is 0 Å². The summed E-state index contributed by atoms with van der Waals surface area (Å²) in [5.74, 6) is 1.10. The molecule has 0 unspecified atom stereocenters. The molecule has 0 bridgehead atoms. The Morgan fingerprint density at radius 1 is 1.11 bits per heavy atom. The summed E-state index contributed by atoms with van der Waals surface area (Å²) < 4.78 is 5.80. The van der Waals surface area contributed by atoms with Crippen LogP contribution in [0.25, 0.3) is 22.4 Å². The van der Waals surface area contributed by atoms with Gasteiger partial charge in [0.15, 0.2) is 0 Å². The maximum Gasteiger partial charge on any atom is 0.227 e. The fourth-order valence-electron chi connectivity index (χ4n) is 3.18. The van der Waals surface area contributed by atoms with Crippen molar-refractivity contribution in [3.8, 4) is 11.5 Å². The monoisotopic (exact) mass is 359 g/mol. The van der Waals surface area contributed by atoms with Crippen LogP contribution < -0.4 is 5.32 Å². The summed E-state index contributed by atoms with van der Waals surface area (Å²) in [6.45, 7) is 2.45. The number of fused-ring (bicyclic) bond motifs is 1. The summed E-state index contributed by atoms with van der Waals surface area (Å²) in [5.41, 5.74) is 3.98. The molecule has 27 heavy (non-hydrogen) atoms. The highest BCUT2D eigenvalue weighted by atomic mass is 16.4. The molecule has 0 aliphatic carbocycles. The van der Waals surface area contributed by atoms with E-state index in [4.69, 9.17) is 4.42 Å². The summed E-state index contributed by atoms with van der Waals surface area (Å²) >= 11 is 0. The third-order valence-electron chi connectivity index (χ3n) is 4.63. The molecule has 2 heterocycles. The van der Waals surface area contributed by atoms with Crippen LogP contribution in [0.5, 0.6) is 0 Å². The van der Waals surface area contributed by atoms with Crippen LogP contribution in [0.2, 0.25) is 0 Å². The van der Waals surface area contributed by atoms with Crippen LogP contribution in [-0.2, 0) is 17.6 Å². The first-order valence-corrected chi connectivity index (χ1v) is 9.04. The van der Waals surface area contributed by atoms with E-state index >= 15 is 0 Å². The number of H-pyrrole nitrogens is 1. The normalized spacial score (nSPS) is 11.0. The third-order valence-corrected chi connectivity index (χ3v) is 4.63. The molecule has 5 nitrogen and oxygen atoms in total. The second kappa shape index (κ2) is 7.50. The van der Waals surface area contributed by atoms with Gasteiger partial charge in [-0.25, -0.2) is 4.98 Å². The maximum absolute atomic E-state index is 12.3. The predicted molar refractivity (Wildman–Crippen MR) is 105 cm³/mol. The van der Waals surface area contributed by atoms with Crippen molar-refractivity contribution < 1.29 is 9.21 Å². The summed E-state index contributed by atoms with van der Waals surface area (Å²) in [4.78, 5) is 20.0. The Balaban J connectivity index is 1.35. The zero-order chi connectivity index (χ0) is 18.6. The van der Waals surface area contributed by atoms with E-state index in [2.05, 4.69) is 27.4 Å². The van der Waals surface area contributed by atoms with Gasteiger partial charge in [-0.15, -0.1) is 0 Å². The van der Waals surface area contributed by atoms with Gasteiger partial charge in [-0.2, -0.15) is 0 Å². The number of aromatic nitrogens is 2. The lowest BCUT2D eigenvalue weighted by molar-refractivity contribution is -0.120. The van der Waals surface area contributed by atoms with Crippen molar-refractivity contribution in [2.45, 2.75) is 19.8 Å². The van der Waals surface area contributed by atoms with Crippen LogP contribution in [0.3, 0.4) is 0 Å². The van der Waals surface area contributed by atoms with E-state index in [1.807, 2.05) is 55.6 Å². The van der Waals surface area contributed by atoms with Gasteiger partial charge < -0.3 is 14.7 Å². The molecule has 0 saturated heterocycles. The second-order valence-corrected chi connectivity index (χ2v) is 6.53. The van der Waals surface area contributed by atoms with Crippen LogP contribution in [-0.4, -0.2) is 22.4 Å². The topological polar surface area (TPSA) is 70.9 Å². The van der Waals surface area contributed by atoms with Crippen molar-refractivity contribution in [1.82, 2.24) is 15.3 Å². The highest BCUT2D eigenvalue weighted by molar-refractivity contribution is 5.83. The van der Waals surface area contributed by atoms with E-state index in [1.54, 1.807) is 0 Å². The van der Waals surface area contributed by atoms with Crippen molar-refractivity contribution in [3.63, 3.8) is 0 Å². The predicted octanol–water partition coefficient (Wildman–Crippen LogP) is 4.03. The zero-order valence-electron chi connectivity index (χ0n) is 15.2. The summed E-state index contributed by atoms with van der Waals surface area (Å²) in [5, 5.41) is 4.17. The number of carbonyl (C=O) groups excluding carboxylic acids is 1. The molecular weight excluding hydrogens is 338 g/mol. The lowest BCUT2D eigenvalue weighted by atomic mass is 10.1. The number of amides is 1. The number of benzene rings is 2. The van der Waals surface area contributed by atoms with Crippen LogP contribution in [0.15, 0.2) is 65.2 Å². The summed E-state index contributed by atoms with van der Waals surface area (Å²) in [6, 6.07) is 17.9. The molecule has 0 saturated carbocycles. The molecule has 0 aliphatic heterocycles. The molecule has 4 rings (SSSR count). The van der Waals surface area contributed by atoms with Gasteiger partial charge in [0.2, 0.25) is 11.8 Å². The Morgan fingerprint density at radius 2 is 1.89 bits per heavy atom. The van der Waals surface area contributed by atoms with Gasteiger partial charge in [-0.05, 0) is 37.1 Å². The van der Waals surface area contributed by atoms with Gasteiger partial charge in [-0.3, -0.25) is 4.79 Å². The molecule has 136 valence electrons. The van der Waals surface area contributed by atoms with Gasteiger partial charge in [0.05, 0.1) is 12.1 Å². The van der Waals surface area contributed by atoms with Crippen molar-refractivity contribution in [3.05, 3.63) is 77.8 Å². The summed E-state index contributed by atoms with van der Waals surface area (Å²) in [6.07, 6.45) is 2.98. The molecule has 1 amide bonds. The zero-order valence-corrected chi connectivity index (χ0v) is 15.2. The van der Waals surface area contributed by atoms with E-state index in [-0.39, 0.29) is 12.3 Å². The number of aromatic amines is 1. The Labute approximate surface area is 157 Å². The van der Waals surface area contributed by atoms with Gasteiger partial charge in [0, 0.05) is 29.2 Å².